The zero-order valence-corrected chi connectivity index (χ0v) is 9.01. The van der Waals surface area contributed by atoms with Crippen LogP contribution in [0.2, 0.25) is 0 Å². The fourth-order valence-corrected chi connectivity index (χ4v) is 1.18. The summed E-state index contributed by atoms with van der Waals surface area (Å²) in [6, 6.07) is 3.43. The second kappa shape index (κ2) is 5.50. The summed E-state index contributed by atoms with van der Waals surface area (Å²) < 4.78 is 0. The highest BCUT2D eigenvalue weighted by atomic mass is 16.4. The van der Waals surface area contributed by atoms with Gasteiger partial charge in [-0.25, -0.2) is 9.59 Å². The molecule has 0 spiro atoms. The van der Waals surface area contributed by atoms with Gasteiger partial charge in [0, 0.05) is 5.56 Å². The van der Waals surface area contributed by atoms with Crippen molar-refractivity contribution in [1.82, 2.24) is 0 Å². The molecule has 0 fully saturated rings. The summed E-state index contributed by atoms with van der Waals surface area (Å²) in [6.07, 6.45) is -0.417. The van der Waals surface area contributed by atoms with Gasteiger partial charge in [0.15, 0.2) is 0 Å². The fourth-order valence-electron chi connectivity index (χ4n) is 1.18. The lowest BCUT2D eigenvalue weighted by molar-refractivity contribution is -0.135. The van der Waals surface area contributed by atoms with E-state index < -0.39 is 24.3 Å². The maximum atomic E-state index is 10.9. The number of carboxylic acids is 3. The van der Waals surface area contributed by atoms with Crippen LogP contribution in [-0.2, 0) is 4.79 Å². The first-order valence-corrected chi connectivity index (χ1v) is 4.73. The Hall–Kier alpha value is -2.81. The van der Waals surface area contributed by atoms with E-state index in [9.17, 15) is 14.4 Å². The Kier molecular flexibility index (Phi) is 4.05. The molecule has 0 aliphatic rings. The van der Waals surface area contributed by atoms with Crippen LogP contribution in [0.15, 0.2) is 18.2 Å². The van der Waals surface area contributed by atoms with Crippen LogP contribution in [0.4, 0.5) is 0 Å². The summed E-state index contributed by atoms with van der Waals surface area (Å²) in [7, 11) is 0. The van der Waals surface area contributed by atoms with Crippen LogP contribution >= 0.6 is 0 Å². The van der Waals surface area contributed by atoms with E-state index in [0.29, 0.717) is 0 Å². The monoisotopic (exact) mass is 248 g/mol. The molecule has 0 bridgehead atoms. The zero-order valence-electron chi connectivity index (χ0n) is 9.01. The van der Waals surface area contributed by atoms with Gasteiger partial charge < -0.3 is 15.3 Å². The van der Waals surface area contributed by atoms with Crippen LogP contribution in [-0.4, -0.2) is 33.2 Å². The lowest BCUT2D eigenvalue weighted by atomic mass is 10.0. The summed E-state index contributed by atoms with van der Waals surface area (Å²) in [4.78, 5) is 31.9. The summed E-state index contributed by atoms with van der Waals surface area (Å²) in [6.45, 7) is 0. The van der Waals surface area contributed by atoms with Gasteiger partial charge in [-0.2, -0.15) is 0 Å². The van der Waals surface area contributed by atoms with E-state index in [1.165, 1.54) is 12.1 Å². The van der Waals surface area contributed by atoms with Crippen molar-refractivity contribution in [3.63, 3.8) is 0 Å². The van der Waals surface area contributed by atoms with Gasteiger partial charge in [0.05, 0.1) is 11.1 Å². The molecule has 1 aromatic carbocycles. The highest BCUT2D eigenvalue weighted by molar-refractivity contribution is 5.95. The predicted molar refractivity (Wildman–Crippen MR) is 59.5 cm³/mol. The van der Waals surface area contributed by atoms with Crippen LogP contribution < -0.4 is 0 Å². The van der Waals surface area contributed by atoms with Gasteiger partial charge in [-0.15, -0.1) is 0 Å². The van der Waals surface area contributed by atoms with Crippen LogP contribution in [0.5, 0.6) is 0 Å². The molecule has 3 N–H and O–H groups in total. The number of carboxylic acid groups (broad SMARTS) is 3. The van der Waals surface area contributed by atoms with Gasteiger partial charge in [-0.1, -0.05) is 11.8 Å². The maximum absolute atomic E-state index is 10.9. The topological polar surface area (TPSA) is 112 Å². The number of hydrogen-bond acceptors (Lipinski definition) is 3. The molecule has 92 valence electrons. The second-order valence-electron chi connectivity index (χ2n) is 3.24. The number of aliphatic carboxylic acids is 1. The van der Waals surface area contributed by atoms with E-state index in [4.69, 9.17) is 15.3 Å². The number of benzene rings is 1. The van der Waals surface area contributed by atoms with Gasteiger partial charge in [-0.05, 0) is 18.2 Å². The van der Waals surface area contributed by atoms with E-state index in [1.54, 1.807) is 0 Å². The third kappa shape index (κ3) is 3.35. The van der Waals surface area contributed by atoms with E-state index >= 15 is 0 Å². The van der Waals surface area contributed by atoms with Crippen LogP contribution in [0, 0.1) is 11.8 Å². The Labute approximate surface area is 101 Å². The lowest BCUT2D eigenvalue weighted by Gasteiger charge is -2.01. The van der Waals surface area contributed by atoms with Crippen molar-refractivity contribution in [2.75, 3.05) is 0 Å². The van der Waals surface area contributed by atoms with Gasteiger partial charge in [0.1, 0.15) is 6.42 Å². The van der Waals surface area contributed by atoms with Crippen molar-refractivity contribution in [2.45, 2.75) is 6.42 Å². The standard InChI is InChI=1S/C12H8O6/c13-10(14)3-1-2-7-4-5-8(11(15)16)6-9(7)12(17)18/h4-6H,3H2,(H,13,14)(H,15,16)(H,17,18). The van der Waals surface area contributed by atoms with E-state index in [0.717, 1.165) is 6.07 Å². The second-order valence-corrected chi connectivity index (χ2v) is 3.24. The van der Waals surface area contributed by atoms with Gasteiger partial charge in [0.2, 0.25) is 0 Å². The van der Waals surface area contributed by atoms with Crippen LogP contribution in [0.1, 0.15) is 32.7 Å². The quantitative estimate of drug-likeness (QED) is 0.685. The molecule has 0 aliphatic heterocycles. The van der Waals surface area contributed by atoms with E-state index in [2.05, 4.69) is 11.8 Å². The Bertz CT molecular complexity index is 576. The van der Waals surface area contributed by atoms with Gasteiger partial charge >= 0.3 is 17.9 Å². The van der Waals surface area contributed by atoms with Crippen molar-refractivity contribution >= 4 is 17.9 Å². The van der Waals surface area contributed by atoms with Crippen molar-refractivity contribution in [3.8, 4) is 11.8 Å². The highest BCUT2D eigenvalue weighted by Gasteiger charge is 2.12. The number of carbonyl (C=O) groups is 3. The van der Waals surface area contributed by atoms with Crippen LogP contribution in [0.3, 0.4) is 0 Å². The molecule has 1 rings (SSSR count). The number of rotatable bonds is 3. The molecule has 0 amide bonds. The minimum Gasteiger partial charge on any atom is -0.481 e. The molecule has 18 heavy (non-hydrogen) atoms. The molecule has 6 heteroatoms. The molecule has 0 unspecified atom stereocenters. The molecule has 0 heterocycles. The Morgan fingerprint density at radius 2 is 1.72 bits per heavy atom. The summed E-state index contributed by atoms with van der Waals surface area (Å²) >= 11 is 0. The smallest absolute Gasteiger partial charge is 0.336 e. The predicted octanol–water partition coefficient (Wildman–Crippen LogP) is 0.909. The molecule has 0 atom stereocenters. The number of aromatic carboxylic acids is 2. The Morgan fingerprint density at radius 3 is 2.22 bits per heavy atom. The van der Waals surface area contributed by atoms with E-state index in [-0.39, 0.29) is 16.7 Å². The molecule has 6 nitrogen and oxygen atoms in total. The van der Waals surface area contributed by atoms with Crippen molar-refractivity contribution in [1.29, 1.82) is 0 Å². The Morgan fingerprint density at radius 1 is 1.06 bits per heavy atom. The van der Waals surface area contributed by atoms with Crippen molar-refractivity contribution in [2.24, 2.45) is 0 Å². The molecular weight excluding hydrogens is 240 g/mol. The van der Waals surface area contributed by atoms with E-state index in [1.807, 2.05) is 0 Å². The highest BCUT2D eigenvalue weighted by Crippen LogP contribution is 2.11. The zero-order chi connectivity index (χ0) is 13.7. The average Bonchev–Trinajstić information content (AvgIpc) is 2.28. The minimum absolute atomic E-state index is 0.0775. The number of hydrogen-bond donors (Lipinski definition) is 3. The van der Waals surface area contributed by atoms with Crippen molar-refractivity contribution in [3.05, 3.63) is 34.9 Å². The third-order valence-electron chi connectivity index (χ3n) is 1.96. The largest absolute Gasteiger partial charge is 0.481 e. The normalized spacial score (nSPS) is 9.11. The molecule has 0 saturated heterocycles. The van der Waals surface area contributed by atoms with Crippen molar-refractivity contribution < 1.29 is 29.7 Å². The minimum atomic E-state index is -1.32. The first kappa shape index (κ1) is 13.3. The Balaban J connectivity index is 3.18. The van der Waals surface area contributed by atoms with Gasteiger partial charge in [0.25, 0.3) is 0 Å². The maximum Gasteiger partial charge on any atom is 0.336 e. The molecule has 0 aromatic heterocycles. The van der Waals surface area contributed by atoms with Crippen LogP contribution in [0.25, 0.3) is 0 Å². The molecular formula is C12H8O6. The molecule has 0 aliphatic carbocycles. The van der Waals surface area contributed by atoms with Gasteiger partial charge in [-0.3, -0.25) is 4.79 Å². The molecule has 0 radical (unpaired) electrons. The first-order valence-electron chi connectivity index (χ1n) is 4.73. The first-order chi connectivity index (χ1) is 8.41. The lowest BCUT2D eigenvalue weighted by Crippen LogP contribution is -2.04. The fraction of sp³-hybridized carbons (Fsp3) is 0.0833. The third-order valence-corrected chi connectivity index (χ3v) is 1.96. The SMILES string of the molecule is O=C(O)CC#Cc1ccc(C(=O)O)cc1C(=O)O. The summed E-state index contributed by atoms with van der Waals surface area (Å²) in [5, 5.41) is 26.0. The molecule has 1 aromatic rings. The average molecular weight is 248 g/mol. The summed E-state index contributed by atoms with van der Waals surface area (Å²) in [5.74, 6) is 0.979. The molecule has 0 saturated carbocycles. The summed E-state index contributed by atoms with van der Waals surface area (Å²) in [5.41, 5.74) is -0.363.